The smallest absolute Gasteiger partial charge is 0.410 e. The number of carbonyl (C=O) groups excluding carboxylic acids is 1. The summed E-state index contributed by atoms with van der Waals surface area (Å²) >= 11 is 0. The Balaban J connectivity index is 1.86. The lowest BCUT2D eigenvalue weighted by atomic mass is 9.96. The van der Waals surface area contributed by atoms with E-state index in [2.05, 4.69) is 27.2 Å². The zero-order valence-corrected chi connectivity index (χ0v) is 20.1. The molecule has 8 heteroatoms. The molecule has 170 valence electrons. The summed E-state index contributed by atoms with van der Waals surface area (Å²) in [7, 11) is 3.81. The van der Waals surface area contributed by atoms with E-state index < -0.39 is 5.60 Å². The van der Waals surface area contributed by atoms with Gasteiger partial charge in [-0.05, 0) is 60.3 Å². The van der Waals surface area contributed by atoms with Crippen LogP contribution >= 0.6 is 0 Å². The van der Waals surface area contributed by atoms with E-state index in [-0.39, 0.29) is 6.09 Å². The van der Waals surface area contributed by atoms with Crippen LogP contribution in [0.3, 0.4) is 0 Å². The lowest BCUT2D eigenvalue weighted by Gasteiger charge is -2.36. The van der Waals surface area contributed by atoms with Crippen molar-refractivity contribution in [2.24, 2.45) is 18.0 Å². The molecule has 0 bridgehead atoms. The van der Waals surface area contributed by atoms with Crippen molar-refractivity contribution in [3.8, 4) is 0 Å². The van der Waals surface area contributed by atoms with E-state index in [9.17, 15) is 4.79 Å². The molecule has 1 saturated heterocycles. The van der Waals surface area contributed by atoms with Crippen molar-refractivity contribution >= 4 is 12.1 Å². The first-order chi connectivity index (χ1) is 14.1. The van der Waals surface area contributed by atoms with Crippen LogP contribution in [0.5, 0.6) is 0 Å². The van der Waals surface area contributed by atoms with E-state index in [0.29, 0.717) is 12.5 Å². The summed E-state index contributed by atoms with van der Waals surface area (Å²) < 4.78 is 7.47. The molecule has 1 N–H and O–H groups in total. The fourth-order valence-corrected chi connectivity index (χ4v) is 3.87. The summed E-state index contributed by atoms with van der Waals surface area (Å²) in [6, 6.07) is 0. The molecule has 1 aliphatic heterocycles. The highest BCUT2D eigenvalue weighted by molar-refractivity contribution is 5.80. The summed E-state index contributed by atoms with van der Waals surface area (Å²) in [5.41, 5.74) is 3.00. The third-order valence-corrected chi connectivity index (χ3v) is 5.72. The minimum atomic E-state index is -0.461. The van der Waals surface area contributed by atoms with E-state index in [4.69, 9.17) is 4.74 Å². The van der Waals surface area contributed by atoms with Crippen LogP contribution in [0.25, 0.3) is 0 Å². The molecule has 0 aromatic carbocycles. The molecule has 0 saturated carbocycles. The van der Waals surface area contributed by atoms with Gasteiger partial charge < -0.3 is 19.9 Å². The van der Waals surface area contributed by atoms with E-state index in [1.165, 1.54) is 11.3 Å². The molecule has 1 aromatic heterocycles. The lowest BCUT2D eigenvalue weighted by Crippen LogP contribution is -2.47. The van der Waals surface area contributed by atoms with Gasteiger partial charge in [0.2, 0.25) is 0 Å². The molecule has 0 radical (unpaired) electrons. The molecule has 0 unspecified atom stereocenters. The molecule has 1 amide bonds. The molecule has 2 rings (SSSR count). The maximum absolute atomic E-state index is 12.4. The van der Waals surface area contributed by atoms with Crippen molar-refractivity contribution in [1.29, 1.82) is 0 Å². The number of guanidine groups is 1. The SMILES string of the molecule is CCN(CC1CCN(C(=NC)NCc2c(C)nn(C)c2C)CC1)C(=O)OC(C)(C)C. The number of carbonyl (C=O) groups is 1. The number of ether oxygens (including phenoxy) is 1. The monoisotopic (exact) mass is 420 g/mol. The van der Waals surface area contributed by atoms with Crippen LogP contribution in [0, 0.1) is 19.8 Å². The van der Waals surface area contributed by atoms with Crippen LogP contribution in [0.4, 0.5) is 4.79 Å². The number of hydrogen-bond acceptors (Lipinski definition) is 4. The highest BCUT2D eigenvalue weighted by atomic mass is 16.6. The predicted molar refractivity (Wildman–Crippen MR) is 121 cm³/mol. The Kier molecular flexibility index (Phi) is 8.15. The quantitative estimate of drug-likeness (QED) is 0.585. The standard InChI is InChI=1S/C22H40N6O2/c1-9-27(21(29)30-22(4,5)6)15-18-10-12-28(13-11-18)20(23-7)24-14-19-16(2)25-26(8)17(19)3/h18H,9-15H2,1-8H3,(H,23,24). The molecule has 0 spiro atoms. The fourth-order valence-electron chi connectivity index (χ4n) is 3.87. The van der Waals surface area contributed by atoms with Crippen LogP contribution in [-0.4, -0.2) is 70.5 Å². The number of amides is 1. The van der Waals surface area contributed by atoms with E-state index in [1.54, 1.807) is 0 Å². The number of likely N-dealkylation sites (tertiary alicyclic amines) is 1. The summed E-state index contributed by atoms with van der Waals surface area (Å²) in [6.45, 7) is 15.9. The molecule has 1 aliphatic rings. The number of aromatic nitrogens is 2. The van der Waals surface area contributed by atoms with Gasteiger partial charge in [-0.1, -0.05) is 0 Å². The summed E-state index contributed by atoms with van der Waals surface area (Å²) in [5.74, 6) is 1.41. The largest absolute Gasteiger partial charge is 0.444 e. The predicted octanol–water partition coefficient (Wildman–Crippen LogP) is 3.08. The summed E-state index contributed by atoms with van der Waals surface area (Å²) in [5, 5.41) is 7.99. The van der Waals surface area contributed by atoms with Crippen LogP contribution in [0.1, 0.15) is 57.5 Å². The van der Waals surface area contributed by atoms with Gasteiger partial charge in [0.15, 0.2) is 5.96 Å². The van der Waals surface area contributed by atoms with E-state index in [0.717, 1.165) is 50.7 Å². The first-order valence-electron chi connectivity index (χ1n) is 11.0. The third kappa shape index (κ3) is 6.37. The van der Waals surface area contributed by atoms with Gasteiger partial charge in [-0.3, -0.25) is 9.67 Å². The topological polar surface area (TPSA) is 75.0 Å². The zero-order chi connectivity index (χ0) is 22.5. The van der Waals surface area contributed by atoms with Gasteiger partial charge in [-0.2, -0.15) is 5.10 Å². The molecular weight excluding hydrogens is 380 g/mol. The Morgan fingerprint density at radius 2 is 1.93 bits per heavy atom. The van der Waals surface area contributed by atoms with Crippen LogP contribution in [-0.2, 0) is 18.3 Å². The summed E-state index contributed by atoms with van der Waals surface area (Å²) in [6.07, 6.45) is 1.85. The van der Waals surface area contributed by atoms with Crippen molar-refractivity contribution in [2.75, 3.05) is 33.2 Å². The number of hydrogen-bond donors (Lipinski definition) is 1. The number of piperidine rings is 1. The Morgan fingerprint density at radius 1 is 1.30 bits per heavy atom. The van der Waals surface area contributed by atoms with Crippen molar-refractivity contribution in [3.63, 3.8) is 0 Å². The second-order valence-corrected chi connectivity index (χ2v) is 9.12. The molecular formula is C22H40N6O2. The van der Waals surface area contributed by atoms with Crippen LogP contribution < -0.4 is 5.32 Å². The van der Waals surface area contributed by atoms with Gasteiger partial charge in [0, 0.05) is 58.1 Å². The molecule has 30 heavy (non-hydrogen) atoms. The molecule has 1 fully saturated rings. The average Bonchev–Trinajstić information content (AvgIpc) is 2.91. The maximum atomic E-state index is 12.4. The molecule has 2 heterocycles. The van der Waals surface area contributed by atoms with Crippen LogP contribution in [0.15, 0.2) is 4.99 Å². The summed E-state index contributed by atoms with van der Waals surface area (Å²) in [4.78, 5) is 21.0. The molecule has 8 nitrogen and oxygen atoms in total. The van der Waals surface area contributed by atoms with Gasteiger partial charge in [-0.25, -0.2) is 4.79 Å². The highest BCUT2D eigenvalue weighted by Gasteiger charge is 2.27. The Labute approximate surface area is 181 Å². The van der Waals surface area contributed by atoms with E-state index >= 15 is 0 Å². The van der Waals surface area contributed by atoms with Crippen molar-refractivity contribution in [2.45, 2.75) is 66.5 Å². The van der Waals surface area contributed by atoms with Gasteiger partial charge in [-0.15, -0.1) is 0 Å². The third-order valence-electron chi connectivity index (χ3n) is 5.72. The van der Waals surface area contributed by atoms with Crippen molar-refractivity contribution < 1.29 is 9.53 Å². The fraction of sp³-hybridized carbons (Fsp3) is 0.773. The average molecular weight is 421 g/mol. The number of nitrogens with zero attached hydrogens (tertiary/aromatic N) is 5. The van der Waals surface area contributed by atoms with Crippen LogP contribution in [0.2, 0.25) is 0 Å². The maximum Gasteiger partial charge on any atom is 0.410 e. The van der Waals surface area contributed by atoms with Gasteiger partial charge >= 0.3 is 6.09 Å². The first kappa shape index (κ1) is 24.0. The van der Waals surface area contributed by atoms with E-state index in [1.807, 2.05) is 58.3 Å². The number of aryl methyl sites for hydroxylation is 2. The minimum Gasteiger partial charge on any atom is -0.444 e. The first-order valence-corrected chi connectivity index (χ1v) is 11.0. The Hall–Kier alpha value is -2.25. The van der Waals surface area contributed by atoms with Gasteiger partial charge in [0.1, 0.15) is 5.60 Å². The number of aliphatic imine (C=N–C) groups is 1. The highest BCUT2D eigenvalue weighted by Crippen LogP contribution is 2.20. The lowest BCUT2D eigenvalue weighted by molar-refractivity contribution is 0.0214. The van der Waals surface area contributed by atoms with Crippen molar-refractivity contribution in [3.05, 3.63) is 17.0 Å². The van der Waals surface area contributed by atoms with Crippen molar-refractivity contribution in [1.82, 2.24) is 24.9 Å². The van der Waals surface area contributed by atoms with Gasteiger partial charge in [0.25, 0.3) is 0 Å². The number of nitrogens with one attached hydrogen (secondary N) is 1. The molecule has 0 atom stereocenters. The second kappa shape index (κ2) is 10.2. The number of rotatable bonds is 5. The molecule has 0 aliphatic carbocycles. The Bertz CT molecular complexity index is 742. The molecule has 1 aromatic rings. The second-order valence-electron chi connectivity index (χ2n) is 9.12. The Morgan fingerprint density at radius 3 is 2.40 bits per heavy atom. The minimum absolute atomic E-state index is 0.216. The normalized spacial score (nSPS) is 16.0. The zero-order valence-electron chi connectivity index (χ0n) is 20.1. The van der Waals surface area contributed by atoms with Gasteiger partial charge in [0.05, 0.1) is 5.69 Å².